The van der Waals surface area contributed by atoms with Crippen LogP contribution in [0.15, 0.2) is 41.8 Å². The van der Waals surface area contributed by atoms with Crippen molar-refractivity contribution in [2.45, 2.75) is 39.5 Å². The van der Waals surface area contributed by atoms with E-state index in [9.17, 15) is 4.79 Å². The second-order valence-corrected chi connectivity index (χ2v) is 8.67. The fraction of sp³-hybridized carbons (Fsp3) is 0.519. The number of hydrogen-bond donors (Lipinski definition) is 0. The molecule has 8 heteroatoms. The van der Waals surface area contributed by atoms with E-state index in [1.54, 1.807) is 5.01 Å². The molecule has 0 N–H and O–H groups in total. The number of rotatable bonds is 13. The van der Waals surface area contributed by atoms with Crippen LogP contribution in [-0.4, -0.2) is 58.6 Å². The van der Waals surface area contributed by atoms with E-state index in [0.717, 1.165) is 73.5 Å². The molecule has 1 aromatic heterocycles. The van der Waals surface area contributed by atoms with Gasteiger partial charge in [-0.3, -0.25) is 9.80 Å². The summed E-state index contributed by atoms with van der Waals surface area (Å²) in [7, 11) is 3.77. The molecule has 1 saturated heterocycles. The van der Waals surface area contributed by atoms with Gasteiger partial charge >= 0.3 is 0 Å². The molecule has 1 aromatic carbocycles. The molecule has 1 aliphatic heterocycles. The SMILES string of the molecule is CCCCOc1cc(N(C)/N=C(\C=O)c2cc[n+](C)cc2)c(OCCCC)cc1N1CCOCC1. The van der Waals surface area contributed by atoms with Crippen LogP contribution in [-0.2, 0) is 16.6 Å². The standard InChI is InChI=1S/C27H39N4O4/c1-5-7-15-34-26-20-25(31-13-17-33-18-14-31)27(35-16-8-6-2)19-24(26)30(4)28-23(21-32)22-9-11-29(3)12-10-22/h9-12,19-21H,5-8,13-18H2,1-4H3/q+1. The van der Waals surface area contributed by atoms with E-state index in [0.29, 0.717) is 32.1 Å². The van der Waals surface area contributed by atoms with Gasteiger partial charge in [0.05, 0.1) is 32.1 Å². The fourth-order valence-electron chi connectivity index (χ4n) is 3.76. The Labute approximate surface area is 209 Å². The average molecular weight is 484 g/mol. The lowest BCUT2D eigenvalue weighted by Crippen LogP contribution is -2.36. The summed E-state index contributed by atoms with van der Waals surface area (Å²) in [5.41, 5.74) is 2.86. The lowest BCUT2D eigenvalue weighted by molar-refractivity contribution is -0.671. The van der Waals surface area contributed by atoms with E-state index in [1.807, 2.05) is 55.3 Å². The highest BCUT2D eigenvalue weighted by atomic mass is 16.5. The van der Waals surface area contributed by atoms with Crippen LogP contribution in [0, 0.1) is 0 Å². The molecule has 0 saturated carbocycles. The van der Waals surface area contributed by atoms with Crippen molar-refractivity contribution in [1.82, 2.24) is 0 Å². The molecule has 0 aliphatic carbocycles. The summed E-state index contributed by atoms with van der Waals surface area (Å²) in [4.78, 5) is 14.2. The van der Waals surface area contributed by atoms with Gasteiger partial charge in [-0.05, 0) is 12.8 Å². The van der Waals surface area contributed by atoms with Crippen molar-refractivity contribution in [3.05, 3.63) is 42.2 Å². The average Bonchev–Trinajstić information content (AvgIpc) is 2.89. The molecule has 2 aromatic rings. The minimum absolute atomic E-state index is 0.346. The molecule has 35 heavy (non-hydrogen) atoms. The second-order valence-electron chi connectivity index (χ2n) is 8.67. The summed E-state index contributed by atoms with van der Waals surface area (Å²) in [5, 5.41) is 6.34. The maximum atomic E-state index is 11.9. The monoisotopic (exact) mass is 483 g/mol. The van der Waals surface area contributed by atoms with Crippen LogP contribution in [0.5, 0.6) is 11.5 Å². The number of hydrazone groups is 1. The number of anilines is 2. The van der Waals surface area contributed by atoms with Crippen molar-refractivity contribution in [3.63, 3.8) is 0 Å². The predicted octanol–water partition coefficient (Wildman–Crippen LogP) is 3.74. The van der Waals surface area contributed by atoms with Gasteiger partial charge in [-0.25, -0.2) is 4.57 Å². The van der Waals surface area contributed by atoms with Gasteiger partial charge in [0.2, 0.25) is 0 Å². The summed E-state index contributed by atoms with van der Waals surface area (Å²) in [6.07, 6.45) is 8.59. The Hall–Kier alpha value is -3.13. The van der Waals surface area contributed by atoms with E-state index in [1.165, 1.54) is 0 Å². The zero-order valence-electron chi connectivity index (χ0n) is 21.5. The quantitative estimate of drug-likeness (QED) is 0.142. The Kier molecular flexibility index (Phi) is 10.3. The summed E-state index contributed by atoms with van der Waals surface area (Å²) >= 11 is 0. The normalized spacial score (nSPS) is 14.1. The molecule has 2 heterocycles. The van der Waals surface area contributed by atoms with E-state index in [4.69, 9.17) is 14.2 Å². The number of morpholine rings is 1. The van der Waals surface area contributed by atoms with Crippen LogP contribution in [0.3, 0.4) is 0 Å². The number of pyridine rings is 1. The third-order valence-electron chi connectivity index (χ3n) is 5.90. The van der Waals surface area contributed by atoms with Crippen molar-refractivity contribution in [2.75, 3.05) is 56.5 Å². The fourth-order valence-corrected chi connectivity index (χ4v) is 3.76. The Morgan fingerprint density at radius 3 is 2.31 bits per heavy atom. The van der Waals surface area contributed by atoms with Gasteiger partial charge in [0, 0.05) is 50.0 Å². The van der Waals surface area contributed by atoms with Crippen molar-refractivity contribution < 1.29 is 23.6 Å². The molecule has 0 atom stereocenters. The number of unbranched alkanes of at least 4 members (excludes halogenated alkanes) is 2. The van der Waals surface area contributed by atoms with Crippen LogP contribution in [0.4, 0.5) is 11.4 Å². The van der Waals surface area contributed by atoms with Crippen molar-refractivity contribution in [3.8, 4) is 11.5 Å². The molecule has 0 bridgehead atoms. The van der Waals surface area contributed by atoms with Gasteiger partial charge < -0.3 is 19.1 Å². The van der Waals surface area contributed by atoms with E-state index >= 15 is 0 Å². The molecular weight excluding hydrogens is 444 g/mol. The second kappa shape index (κ2) is 13.7. The zero-order chi connectivity index (χ0) is 25.0. The molecule has 1 fully saturated rings. The molecule has 3 rings (SSSR count). The van der Waals surface area contributed by atoms with Crippen LogP contribution in [0.25, 0.3) is 0 Å². The van der Waals surface area contributed by atoms with Gasteiger partial charge in [-0.15, -0.1) is 0 Å². The molecule has 0 spiro atoms. The molecule has 1 aliphatic rings. The number of benzene rings is 1. The largest absolute Gasteiger partial charge is 0.491 e. The number of ether oxygens (including phenoxy) is 3. The van der Waals surface area contributed by atoms with E-state index in [-0.39, 0.29) is 0 Å². The first-order chi connectivity index (χ1) is 17.1. The molecule has 0 radical (unpaired) electrons. The zero-order valence-corrected chi connectivity index (χ0v) is 21.5. The van der Waals surface area contributed by atoms with Gasteiger partial charge in [-0.2, -0.15) is 5.10 Å². The maximum absolute atomic E-state index is 11.9. The van der Waals surface area contributed by atoms with Gasteiger partial charge in [0.1, 0.15) is 29.9 Å². The van der Waals surface area contributed by atoms with Crippen LogP contribution < -0.4 is 23.9 Å². The minimum Gasteiger partial charge on any atom is -0.491 e. The summed E-state index contributed by atoms with van der Waals surface area (Å²) in [6.45, 7) is 8.50. The van der Waals surface area contributed by atoms with Crippen LogP contribution in [0.2, 0.25) is 0 Å². The van der Waals surface area contributed by atoms with Crippen molar-refractivity contribution >= 4 is 23.4 Å². The Bertz CT molecular complexity index is 972. The number of carbonyl (C=O) groups excluding carboxylic acids is 1. The van der Waals surface area contributed by atoms with Crippen molar-refractivity contribution in [2.24, 2.45) is 12.1 Å². The van der Waals surface area contributed by atoms with E-state index in [2.05, 4.69) is 23.8 Å². The lowest BCUT2D eigenvalue weighted by Gasteiger charge is -2.31. The number of aryl methyl sites for hydroxylation is 1. The molecule has 190 valence electrons. The van der Waals surface area contributed by atoms with Crippen LogP contribution >= 0.6 is 0 Å². The van der Waals surface area contributed by atoms with Gasteiger partial charge in [0.15, 0.2) is 18.7 Å². The topological polar surface area (TPSA) is 67.5 Å². The summed E-state index contributed by atoms with van der Waals surface area (Å²) in [5.74, 6) is 1.51. The minimum atomic E-state index is 0.346. The summed E-state index contributed by atoms with van der Waals surface area (Å²) < 4.78 is 20.0. The summed E-state index contributed by atoms with van der Waals surface area (Å²) in [6, 6.07) is 7.78. The number of carbonyl (C=O) groups is 1. The third-order valence-corrected chi connectivity index (χ3v) is 5.90. The first-order valence-electron chi connectivity index (χ1n) is 12.6. The van der Waals surface area contributed by atoms with Crippen LogP contribution in [0.1, 0.15) is 45.1 Å². The Morgan fingerprint density at radius 2 is 1.71 bits per heavy atom. The molecule has 0 unspecified atom stereocenters. The maximum Gasteiger partial charge on any atom is 0.170 e. The first kappa shape index (κ1) is 26.5. The lowest BCUT2D eigenvalue weighted by atomic mass is 10.2. The van der Waals surface area contributed by atoms with Crippen molar-refractivity contribution in [1.29, 1.82) is 0 Å². The Morgan fingerprint density at radius 1 is 1.09 bits per heavy atom. The Balaban J connectivity index is 2.02. The highest BCUT2D eigenvalue weighted by molar-refractivity contribution is 6.36. The number of aromatic nitrogens is 1. The molecule has 8 nitrogen and oxygen atoms in total. The highest BCUT2D eigenvalue weighted by Crippen LogP contribution is 2.41. The van der Waals surface area contributed by atoms with E-state index < -0.39 is 0 Å². The number of hydrogen-bond acceptors (Lipinski definition) is 7. The van der Waals surface area contributed by atoms with Gasteiger partial charge in [-0.1, -0.05) is 26.7 Å². The molecule has 0 amide bonds. The third kappa shape index (κ3) is 7.42. The molecular formula is C27H39N4O4+. The highest BCUT2D eigenvalue weighted by Gasteiger charge is 2.22. The number of aldehydes is 1. The van der Waals surface area contributed by atoms with Gasteiger partial charge in [0.25, 0.3) is 0 Å². The smallest absolute Gasteiger partial charge is 0.170 e. The predicted molar refractivity (Wildman–Crippen MR) is 139 cm³/mol. The first-order valence-corrected chi connectivity index (χ1v) is 12.6. The number of nitrogens with zero attached hydrogens (tertiary/aromatic N) is 4.